The van der Waals surface area contributed by atoms with Crippen molar-refractivity contribution < 1.29 is 9.47 Å². The third-order valence-corrected chi connectivity index (χ3v) is 2.55. The average molecular weight is 265 g/mol. The monoisotopic (exact) mass is 265 g/mol. The summed E-state index contributed by atoms with van der Waals surface area (Å²) in [7, 11) is 1.65. The molecule has 0 spiro atoms. The lowest BCUT2D eigenvalue weighted by Crippen LogP contribution is -2.35. The largest absolute Gasteiger partial charge is 0.489 e. The molecule has 0 saturated carbocycles. The van der Waals surface area contributed by atoms with Gasteiger partial charge in [0.15, 0.2) is 5.96 Å². The number of para-hydroxylation sites is 1. The highest BCUT2D eigenvalue weighted by atomic mass is 16.5. The molecule has 1 aromatic carbocycles. The molecule has 5 nitrogen and oxygen atoms in total. The van der Waals surface area contributed by atoms with Crippen LogP contribution in [0.15, 0.2) is 29.3 Å². The zero-order chi connectivity index (χ0) is 14.1. The van der Waals surface area contributed by atoms with Crippen molar-refractivity contribution in [2.45, 2.75) is 20.0 Å². The molecule has 0 aliphatic carbocycles. The minimum Gasteiger partial charge on any atom is -0.489 e. The molecule has 1 unspecified atom stereocenters. The number of rotatable bonds is 7. The fourth-order valence-corrected chi connectivity index (χ4v) is 1.51. The molecule has 0 aliphatic rings. The van der Waals surface area contributed by atoms with Gasteiger partial charge in [0.25, 0.3) is 0 Å². The van der Waals surface area contributed by atoms with Crippen LogP contribution in [0, 0.1) is 6.92 Å². The maximum atomic E-state index is 5.81. The molecule has 1 aromatic rings. The van der Waals surface area contributed by atoms with Crippen LogP contribution in [-0.2, 0) is 4.74 Å². The third-order valence-electron chi connectivity index (χ3n) is 2.55. The summed E-state index contributed by atoms with van der Waals surface area (Å²) in [5.41, 5.74) is 6.83. The second-order valence-electron chi connectivity index (χ2n) is 4.34. The van der Waals surface area contributed by atoms with Crippen LogP contribution in [0.25, 0.3) is 0 Å². The van der Waals surface area contributed by atoms with Crippen molar-refractivity contribution in [2.24, 2.45) is 10.7 Å². The lowest BCUT2D eigenvalue weighted by Gasteiger charge is -2.15. The summed E-state index contributed by atoms with van der Waals surface area (Å²) in [5.74, 6) is 1.30. The summed E-state index contributed by atoms with van der Waals surface area (Å²) in [6.07, 6.45) is -0.0242. The van der Waals surface area contributed by atoms with E-state index in [4.69, 9.17) is 15.2 Å². The second-order valence-corrected chi connectivity index (χ2v) is 4.34. The van der Waals surface area contributed by atoms with Gasteiger partial charge in [-0.3, -0.25) is 0 Å². The smallest absolute Gasteiger partial charge is 0.188 e. The molecule has 0 bridgehead atoms. The lowest BCUT2D eigenvalue weighted by atomic mass is 10.2. The van der Waals surface area contributed by atoms with E-state index in [-0.39, 0.29) is 6.10 Å². The number of aryl methyl sites for hydroxylation is 1. The highest BCUT2D eigenvalue weighted by Crippen LogP contribution is 2.17. The topological polar surface area (TPSA) is 68.9 Å². The second kappa shape index (κ2) is 8.37. The molecule has 1 atom stereocenters. The molecular formula is C14H23N3O2. The van der Waals surface area contributed by atoms with Crippen LogP contribution in [0.2, 0.25) is 0 Å². The van der Waals surface area contributed by atoms with Crippen molar-refractivity contribution >= 4 is 5.96 Å². The van der Waals surface area contributed by atoms with Crippen molar-refractivity contribution in [1.29, 1.82) is 0 Å². The Bertz CT molecular complexity index is 407. The van der Waals surface area contributed by atoms with Gasteiger partial charge in [-0.05, 0) is 25.5 Å². The Labute approximate surface area is 114 Å². The summed E-state index contributed by atoms with van der Waals surface area (Å²) < 4.78 is 10.7. The van der Waals surface area contributed by atoms with Crippen LogP contribution >= 0.6 is 0 Å². The van der Waals surface area contributed by atoms with Crippen LogP contribution in [0.3, 0.4) is 0 Å². The van der Waals surface area contributed by atoms with Gasteiger partial charge in [0.2, 0.25) is 0 Å². The van der Waals surface area contributed by atoms with E-state index in [9.17, 15) is 0 Å². The van der Waals surface area contributed by atoms with Gasteiger partial charge in [-0.15, -0.1) is 0 Å². The molecule has 0 aliphatic heterocycles. The predicted octanol–water partition coefficient (Wildman–Crippen LogP) is 1.31. The Balaban J connectivity index is 2.37. The van der Waals surface area contributed by atoms with Gasteiger partial charge >= 0.3 is 0 Å². The van der Waals surface area contributed by atoms with E-state index in [1.54, 1.807) is 7.11 Å². The highest BCUT2D eigenvalue weighted by Gasteiger charge is 2.05. The van der Waals surface area contributed by atoms with E-state index < -0.39 is 0 Å². The number of hydrogen-bond acceptors (Lipinski definition) is 3. The molecule has 0 heterocycles. The molecule has 0 aromatic heterocycles. The van der Waals surface area contributed by atoms with Crippen molar-refractivity contribution in [1.82, 2.24) is 5.32 Å². The van der Waals surface area contributed by atoms with Gasteiger partial charge in [-0.25, -0.2) is 4.99 Å². The Morgan fingerprint density at radius 3 is 2.84 bits per heavy atom. The van der Waals surface area contributed by atoms with E-state index in [0.29, 0.717) is 25.7 Å². The minimum atomic E-state index is -0.0242. The fourth-order valence-electron chi connectivity index (χ4n) is 1.51. The Morgan fingerprint density at radius 1 is 1.42 bits per heavy atom. The van der Waals surface area contributed by atoms with E-state index in [0.717, 1.165) is 11.3 Å². The van der Waals surface area contributed by atoms with Gasteiger partial charge in [-0.1, -0.05) is 18.2 Å². The molecule has 1 rings (SSSR count). The number of methoxy groups -OCH3 is 1. The van der Waals surface area contributed by atoms with Crippen LogP contribution in [-0.4, -0.2) is 38.9 Å². The van der Waals surface area contributed by atoms with Crippen molar-refractivity contribution in [2.75, 3.05) is 26.8 Å². The molecule has 106 valence electrons. The van der Waals surface area contributed by atoms with Crippen LogP contribution < -0.4 is 15.8 Å². The standard InChI is InChI=1S/C14H23N3O2/c1-11-6-4-5-7-13(11)19-12(2)10-17-14(15)16-8-9-18-3/h4-7,12H,8-10H2,1-3H3,(H3,15,16,17). The van der Waals surface area contributed by atoms with Crippen LogP contribution in [0.1, 0.15) is 12.5 Å². The van der Waals surface area contributed by atoms with Crippen LogP contribution in [0.4, 0.5) is 0 Å². The molecule has 0 radical (unpaired) electrons. The first kappa shape index (κ1) is 15.3. The van der Waals surface area contributed by atoms with Gasteiger partial charge in [0.05, 0.1) is 13.2 Å². The molecule has 5 heteroatoms. The van der Waals surface area contributed by atoms with E-state index in [2.05, 4.69) is 10.3 Å². The molecule has 3 N–H and O–H groups in total. The van der Waals surface area contributed by atoms with Gasteiger partial charge in [0.1, 0.15) is 11.9 Å². The van der Waals surface area contributed by atoms with Crippen molar-refractivity contribution in [3.8, 4) is 5.75 Å². The third kappa shape index (κ3) is 6.10. The summed E-state index contributed by atoms with van der Waals surface area (Å²) in [5, 5.41) is 2.96. The number of nitrogens with two attached hydrogens (primary N) is 1. The average Bonchev–Trinajstić information content (AvgIpc) is 2.39. The number of nitrogens with one attached hydrogen (secondary N) is 1. The molecule has 0 fully saturated rings. The first-order valence-electron chi connectivity index (χ1n) is 6.38. The Morgan fingerprint density at radius 2 is 2.16 bits per heavy atom. The minimum absolute atomic E-state index is 0.0242. The Kier molecular flexibility index (Phi) is 6.74. The SMILES string of the molecule is COCCNC(N)=NCC(C)Oc1ccccc1C. The highest BCUT2D eigenvalue weighted by molar-refractivity contribution is 5.77. The summed E-state index contributed by atoms with van der Waals surface area (Å²) in [6, 6.07) is 7.92. The number of hydrogen-bond donors (Lipinski definition) is 2. The normalized spacial score (nSPS) is 13.1. The predicted molar refractivity (Wildman–Crippen MR) is 77.6 cm³/mol. The number of guanidine groups is 1. The number of nitrogens with zero attached hydrogens (tertiary/aromatic N) is 1. The molecule has 19 heavy (non-hydrogen) atoms. The molecule has 0 saturated heterocycles. The quantitative estimate of drug-likeness (QED) is 0.443. The van der Waals surface area contributed by atoms with Crippen LogP contribution in [0.5, 0.6) is 5.75 Å². The molecular weight excluding hydrogens is 242 g/mol. The van der Waals surface area contributed by atoms with E-state index in [1.165, 1.54) is 0 Å². The maximum Gasteiger partial charge on any atom is 0.188 e. The Hall–Kier alpha value is -1.75. The van der Waals surface area contributed by atoms with E-state index >= 15 is 0 Å². The van der Waals surface area contributed by atoms with Gasteiger partial charge in [0, 0.05) is 13.7 Å². The summed E-state index contributed by atoms with van der Waals surface area (Å²) in [6.45, 7) is 5.76. The first-order chi connectivity index (χ1) is 9.13. The van der Waals surface area contributed by atoms with E-state index in [1.807, 2.05) is 38.1 Å². The number of benzene rings is 1. The number of ether oxygens (including phenoxy) is 2. The summed E-state index contributed by atoms with van der Waals surface area (Å²) in [4.78, 5) is 4.22. The molecule has 0 amide bonds. The first-order valence-corrected chi connectivity index (χ1v) is 6.38. The van der Waals surface area contributed by atoms with Gasteiger partial charge in [-0.2, -0.15) is 0 Å². The zero-order valence-corrected chi connectivity index (χ0v) is 11.8. The number of aliphatic imine (C=N–C) groups is 1. The fraction of sp³-hybridized carbons (Fsp3) is 0.500. The lowest BCUT2D eigenvalue weighted by molar-refractivity contribution is 0.203. The van der Waals surface area contributed by atoms with Crippen molar-refractivity contribution in [3.05, 3.63) is 29.8 Å². The zero-order valence-electron chi connectivity index (χ0n) is 11.8. The summed E-state index contributed by atoms with van der Waals surface area (Å²) >= 11 is 0. The van der Waals surface area contributed by atoms with Gasteiger partial charge < -0.3 is 20.5 Å². The van der Waals surface area contributed by atoms with Crippen molar-refractivity contribution in [3.63, 3.8) is 0 Å². The maximum absolute atomic E-state index is 5.81.